The number of ether oxygens (including phenoxy) is 2. The van der Waals surface area contributed by atoms with Crippen LogP contribution >= 0.6 is 11.3 Å². The third-order valence-electron chi connectivity index (χ3n) is 4.58. The fraction of sp³-hybridized carbons (Fsp3) is 0.316. The summed E-state index contributed by atoms with van der Waals surface area (Å²) in [6.45, 7) is 3.32. The van der Waals surface area contributed by atoms with Crippen molar-refractivity contribution >= 4 is 39.8 Å². The molecule has 0 spiro atoms. The molecule has 1 aromatic carbocycles. The summed E-state index contributed by atoms with van der Waals surface area (Å²) in [6, 6.07) is 5.21. The number of methoxy groups -OCH3 is 1. The largest absolute Gasteiger partial charge is 0.465 e. The first-order valence-electron chi connectivity index (χ1n) is 8.98. The van der Waals surface area contributed by atoms with E-state index < -0.39 is 16.8 Å². The van der Waals surface area contributed by atoms with Crippen molar-refractivity contribution in [3.63, 3.8) is 0 Å². The van der Waals surface area contributed by atoms with Crippen molar-refractivity contribution in [2.75, 3.05) is 38.7 Å². The molecule has 10 nitrogen and oxygen atoms in total. The molecule has 2 heterocycles. The molecule has 2 aromatic rings. The number of carbonyl (C=O) groups excluding carboxylic acids is 3. The molecule has 2 amide bonds. The number of nitrogens with one attached hydrogen (secondary N) is 1. The molecule has 0 bridgehead atoms. The second-order valence-corrected chi connectivity index (χ2v) is 7.44. The van der Waals surface area contributed by atoms with Gasteiger partial charge in [0, 0.05) is 30.8 Å². The Kier molecular flexibility index (Phi) is 6.43. The topological polar surface area (TPSA) is 128 Å². The van der Waals surface area contributed by atoms with Crippen molar-refractivity contribution in [2.24, 2.45) is 0 Å². The van der Waals surface area contributed by atoms with Crippen LogP contribution in [0.1, 0.15) is 36.0 Å². The Bertz CT molecular complexity index is 1010. The summed E-state index contributed by atoms with van der Waals surface area (Å²) in [4.78, 5) is 50.2. The highest BCUT2D eigenvalue weighted by Gasteiger charge is 2.29. The van der Waals surface area contributed by atoms with Crippen LogP contribution in [0.4, 0.5) is 10.7 Å². The molecule has 1 aliphatic rings. The molecule has 158 valence electrons. The van der Waals surface area contributed by atoms with Gasteiger partial charge >= 0.3 is 5.97 Å². The fourth-order valence-corrected chi connectivity index (χ4v) is 4.16. The SMILES string of the molecule is COC(=O)c1c(NC(=O)c2cccc([N+](=O)[O-])c2)sc(C(=O)N2CCOCC2)c1C. The molecule has 3 rings (SSSR count). The van der Waals surface area contributed by atoms with E-state index in [0.717, 1.165) is 17.4 Å². The van der Waals surface area contributed by atoms with Crippen molar-refractivity contribution in [3.05, 3.63) is 55.9 Å². The van der Waals surface area contributed by atoms with Crippen molar-refractivity contribution in [1.82, 2.24) is 4.90 Å². The fourth-order valence-electron chi connectivity index (χ4n) is 3.00. The van der Waals surface area contributed by atoms with Crippen LogP contribution in [0.5, 0.6) is 0 Å². The molecule has 1 saturated heterocycles. The maximum atomic E-state index is 12.9. The molecule has 30 heavy (non-hydrogen) atoms. The molecular weight excluding hydrogens is 414 g/mol. The summed E-state index contributed by atoms with van der Waals surface area (Å²) >= 11 is 0.966. The van der Waals surface area contributed by atoms with Crippen molar-refractivity contribution in [2.45, 2.75) is 6.92 Å². The van der Waals surface area contributed by atoms with Gasteiger partial charge in [-0.25, -0.2) is 4.79 Å². The van der Waals surface area contributed by atoms with Gasteiger partial charge in [0.25, 0.3) is 17.5 Å². The average molecular weight is 433 g/mol. The molecule has 0 unspecified atom stereocenters. The predicted octanol–water partition coefficient (Wildman–Crippen LogP) is 2.48. The standard InChI is InChI=1S/C19H19N3O7S/c1-11-14(19(25)28-2)17(30-15(11)18(24)21-6-8-29-9-7-21)20-16(23)12-4-3-5-13(10-12)22(26)27/h3-5,10H,6-9H2,1-2H3,(H,20,23). The Hall–Kier alpha value is -3.31. The molecule has 1 N–H and O–H groups in total. The zero-order valence-electron chi connectivity index (χ0n) is 16.3. The average Bonchev–Trinajstić information content (AvgIpc) is 3.08. The molecule has 1 fully saturated rings. The number of hydrogen-bond donors (Lipinski definition) is 1. The summed E-state index contributed by atoms with van der Waals surface area (Å²) < 4.78 is 10.1. The Morgan fingerprint density at radius 1 is 1.27 bits per heavy atom. The summed E-state index contributed by atoms with van der Waals surface area (Å²) in [6.07, 6.45) is 0. The van der Waals surface area contributed by atoms with Crippen LogP contribution in [0.15, 0.2) is 24.3 Å². The number of nitrogens with zero attached hydrogens (tertiary/aromatic N) is 2. The second-order valence-electron chi connectivity index (χ2n) is 6.42. The highest BCUT2D eigenvalue weighted by atomic mass is 32.1. The minimum Gasteiger partial charge on any atom is -0.465 e. The van der Waals surface area contributed by atoms with Crippen molar-refractivity contribution in [3.8, 4) is 0 Å². The third-order valence-corrected chi connectivity index (χ3v) is 5.77. The maximum Gasteiger partial charge on any atom is 0.341 e. The van der Waals surface area contributed by atoms with Crippen molar-refractivity contribution < 1.29 is 28.8 Å². The lowest BCUT2D eigenvalue weighted by Crippen LogP contribution is -2.40. The Balaban J connectivity index is 1.94. The van der Waals surface area contributed by atoms with Crippen LogP contribution < -0.4 is 5.32 Å². The number of non-ortho nitro benzene ring substituents is 1. The lowest BCUT2D eigenvalue weighted by molar-refractivity contribution is -0.384. The van der Waals surface area contributed by atoms with Gasteiger partial charge in [0.2, 0.25) is 0 Å². The van der Waals surface area contributed by atoms with E-state index in [1.165, 1.54) is 25.3 Å². The lowest BCUT2D eigenvalue weighted by Gasteiger charge is -2.26. The molecule has 1 aromatic heterocycles. The maximum absolute atomic E-state index is 12.9. The number of nitro groups is 1. The van der Waals surface area contributed by atoms with E-state index in [1.54, 1.807) is 11.8 Å². The second kappa shape index (κ2) is 9.01. The number of esters is 1. The van der Waals surface area contributed by atoms with Crippen LogP contribution in [0.3, 0.4) is 0 Å². The number of morpholine rings is 1. The van der Waals surface area contributed by atoms with Crippen LogP contribution in [0, 0.1) is 17.0 Å². The van der Waals surface area contributed by atoms with E-state index in [0.29, 0.717) is 36.7 Å². The van der Waals surface area contributed by atoms with Crippen molar-refractivity contribution in [1.29, 1.82) is 0 Å². The number of nitro benzene ring substituents is 1. The van der Waals surface area contributed by atoms with Gasteiger partial charge in [-0.1, -0.05) is 6.07 Å². The molecule has 0 saturated carbocycles. The molecule has 0 radical (unpaired) electrons. The van der Waals surface area contributed by atoms with E-state index >= 15 is 0 Å². The number of rotatable bonds is 5. The summed E-state index contributed by atoms with van der Waals surface area (Å²) in [7, 11) is 1.20. The number of amides is 2. The number of hydrogen-bond acceptors (Lipinski definition) is 8. The quantitative estimate of drug-likeness (QED) is 0.436. The van der Waals surface area contributed by atoms with Crippen LogP contribution in [0.2, 0.25) is 0 Å². The van der Waals surface area contributed by atoms with Gasteiger partial charge in [-0.3, -0.25) is 19.7 Å². The van der Waals surface area contributed by atoms with Crippen LogP contribution in [0.25, 0.3) is 0 Å². The van der Waals surface area contributed by atoms with Gasteiger partial charge in [-0.15, -0.1) is 11.3 Å². The Morgan fingerprint density at radius 3 is 2.60 bits per heavy atom. The minimum absolute atomic E-state index is 0.0483. The van der Waals surface area contributed by atoms with Gasteiger partial charge in [-0.2, -0.15) is 0 Å². The summed E-state index contributed by atoms with van der Waals surface area (Å²) in [5.41, 5.74) is 0.295. The predicted molar refractivity (Wildman–Crippen MR) is 108 cm³/mol. The Morgan fingerprint density at radius 2 is 1.97 bits per heavy atom. The number of thiophene rings is 1. The Labute approximate surface area is 175 Å². The first-order chi connectivity index (χ1) is 14.3. The highest BCUT2D eigenvalue weighted by molar-refractivity contribution is 7.18. The zero-order chi connectivity index (χ0) is 21.8. The minimum atomic E-state index is -0.695. The molecule has 0 atom stereocenters. The van der Waals surface area contributed by atoms with E-state index in [4.69, 9.17) is 9.47 Å². The van der Waals surface area contributed by atoms with Gasteiger partial charge in [0.1, 0.15) is 5.00 Å². The van der Waals surface area contributed by atoms with Gasteiger partial charge in [-0.05, 0) is 18.6 Å². The first kappa shape index (κ1) is 21.4. The van der Waals surface area contributed by atoms with Crippen LogP contribution in [-0.2, 0) is 9.47 Å². The lowest BCUT2D eigenvalue weighted by atomic mass is 10.1. The monoisotopic (exact) mass is 433 g/mol. The van der Waals surface area contributed by atoms with E-state index in [2.05, 4.69) is 5.32 Å². The van der Waals surface area contributed by atoms with Gasteiger partial charge in [0.05, 0.1) is 35.7 Å². The smallest absolute Gasteiger partial charge is 0.341 e. The zero-order valence-corrected chi connectivity index (χ0v) is 17.1. The molecule has 0 aliphatic carbocycles. The van der Waals surface area contributed by atoms with Gasteiger partial charge < -0.3 is 19.7 Å². The normalized spacial score (nSPS) is 13.6. The third kappa shape index (κ3) is 4.31. The number of carbonyl (C=O) groups is 3. The highest BCUT2D eigenvalue weighted by Crippen LogP contribution is 2.35. The van der Waals surface area contributed by atoms with E-state index in [-0.39, 0.29) is 27.7 Å². The molecular formula is C19H19N3O7S. The van der Waals surface area contributed by atoms with E-state index in [9.17, 15) is 24.5 Å². The summed E-state index contributed by atoms with van der Waals surface area (Å²) in [5.74, 6) is -1.60. The van der Waals surface area contributed by atoms with Gasteiger partial charge in [0.15, 0.2) is 0 Å². The summed E-state index contributed by atoms with van der Waals surface area (Å²) in [5, 5.41) is 13.7. The number of anilines is 1. The number of benzene rings is 1. The van der Waals surface area contributed by atoms with Crippen LogP contribution in [-0.4, -0.2) is 61.0 Å². The first-order valence-corrected chi connectivity index (χ1v) is 9.79. The molecule has 1 aliphatic heterocycles. The van der Waals surface area contributed by atoms with E-state index in [1.807, 2.05) is 0 Å². The molecule has 11 heteroatoms.